The van der Waals surface area contributed by atoms with Crippen molar-refractivity contribution < 1.29 is 22.1 Å². The lowest BCUT2D eigenvalue weighted by molar-refractivity contribution is -0.120. The maximum Gasteiger partial charge on any atom is 0.339 e. The third-order valence-corrected chi connectivity index (χ3v) is 6.30. The van der Waals surface area contributed by atoms with Crippen LogP contribution in [0.25, 0.3) is 0 Å². The van der Waals surface area contributed by atoms with E-state index in [1.54, 1.807) is 38.1 Å². The number of hydrogen-bond acceptors (Lipinski definition) is 8. The zero-order valence-electron chi connectivity index (χ0n) is 16.7. The largest absolute Gasteiger partial charge is 0.494 e. The number of hydrogen-bond donors (Lipinski definition) is 1. The molecule has 2 aromatic carbocycles. The second kappa shape index (κ2) is 8.88. The molecule has 1 N–H and O–H groups in total. The average Bonchev–Trinajstić information content (AvgIpc) is 2.94. The molecule has 1 fully saturated rings. The number of amidine groups is 1. The number of carbonyl (C=O) groups is 1. The molecule has 0 saturated carbocycles. The fourth-order valence-electron chi connectivity index (χ4n) is 2.45. The molecule has 0 radical (unpaired) electrons. The van der Waals surface area contributed by atoms with E-state index in [1.165, 1.54) is 42.2 Å². The van der Waals surface area contributed by atoms with Gasteiger partial charge in [0.05, 0.1) is 17.6 Å². The highest BCUT2D eigenvalue weighted by Crippen LogP contribution is 2.30. The van der Waals surface area contributed by atoms with Crippen LogP contribution in [-0.2, 0) is 14.9 Å². The van der Waals surface area contributed by atoms with Crippen LogP contribution >= 0.6 is 11.8 Å². The van der Waals surface area contributed by atoms with Gasteiger partial charge in [0.1, 0.15) is 16.4 Å². The monoisotopic (exact) mass is 447 g/mol. The average molecular weight is 448 g/mol. The number of amides is 1. The van der Waals surface area contributed by atoms with E-state index in [9.17, 15) is 13.2 Å². The normalized spacial score (nSPS) is 17.3. The highest BCUT2D eigenvalue weighted by Gasteiger charge is 2.38. The number of nitrogens with zero attached hydrogens (tertiary/aromatic N) is 2. The SMILES string of the molecule is CCOc1ccc(S(=O)(=O)Oc2cccc(/C=N/N=C3\NC(=O)C(C)(C)S3)c2)cc1. The number of nitrogens with one attached hydrogen (secondary N) is 1. The first-order valence-corrected chi connectivity index (χ1v) is 11.3. The molecule has 30 heavy (non-hydrogen) atoms. The van der Waals surface area contributed by atoms with E-state index in [1.807, 2.05) is 6.92 Å². The van der Waals surface area contributed by atoms with E-state index in [0.29, 0.717) is 23.1 Å². The van der Waals surface area contributed by atoms with E-state index in [0.717, 1.165) is 0 Å². The van der Waals surface area contributed by atoms with Crippen LogP contribution in [0.1, 0.15) is 26.3 Å². The van der Waals surface area contributed by atoms with Crippen LogP contribution in [0.4, 0.5) is 0 Å². The first-order valence-electron chi connectivity index (χ1n) is 9.08. The van der Waals surface area contributed by atoms with Crippen molar-refractivity contribution in [2.45, 2.75) is 30.4 Å². The third kappa shape index (κ3) is 5.39. The van der Waals surface area contributed by atoms with E-state index < -0.39 is 14.9 Å². The van der Waals surface area contributed by atoms with Crippen molar-refractivity contribution in [1.29, 1.82) is 0 Å². The number of carbonyl (C=O) groups excluding carboxylic acids is 1. The molecule has 158 valence electrons. The molecular formula is C20H21N3O5S2. The van der Waals surface area contributed by atoms with Crippen molar-refractivity contribution in [2.75, 3.05) is 6.61 Å². The second-order valence-corrected chi connectivity index (χ2v) is 9.89. The van der Waals surface area contributed by atoms with Crippen molar-refractivity contribution in [3.63, 3.8) is 0 Å². The lowest BCUT2D eigenvalue weighted by Gasteiger charge is -2.08. The number of thioether (sulfide) groups is 1. The molecule has 1 heterocycles. The van der Waals surface area contributed by atoms with Gasteiger partial charge in [0.2, 0.25) is 5.91 Å². The van der Waals surface area contributed by atoms with Crippen LogP contribution in [-0.4, -0.2) is 37.1 Å². The van der Waals surface area contributed by atoms with Gasteiger partial charge in [-0.15, -0.1) is 5.10 Å². The van der Waals surface area contributed by atoms with Crippen LogP contribution < -0.4 is 14.2 Å². The molecule has 0 bridgehead atoms. The van der Waals surface area contributed by atoms with Crippen LogP contribution in [0.5, 0.6) is 11.5 Å². The maximum absolute atomic E-state index is 12.5. The number of rotatable bonds is 7. The zero-order chi connectivity index (χ0) is 21.8. The molecule has 10 heteroatoms. The summed E-state index contributed by atoms with van der Waals surface area (Å²) in [6.45, 7) is 5.93. The maximum atomic E-state index is 12.5. The predicted molar refractivity (Wildman–Crippen MR) is 117 cm³/mol. The third-order valence-electron chi connectivity index (χ3n) is 3.96. The molecule has 1 saturated heterocycles. The molecule has 1 amide bonds. The minimum Gasteiger partial charge on any atom is -0.494 e. The topological polar surface area (TPSA) is 106 Å². The lowest BCUT2D eigenvalue weighted by Crippen LogP contribution is -2.30. The van der Waals surface area contributed by atoms with Gasteiger partial charge in [-0.1, -0.05) is 23.9 Å². The van der Waals surface area contributed by atoms with E-state index >= 15 is 0 Å². The Morgan fingerprint density at radius 2 is 1.87 bits per heavy atom. The zero-order valence-corrected chi connectivity index (χ0v) is 18.3. The molecular weight excluding hydrogens is 426 g/mol. The molecule has 0 spiro atoms. The Morgan fingerprint density at radius 3 is 2.50 bits per heavy atom. The fourth-order valence-corrected chi connectivity index (χ4v) is 4.23. The molecule has 8 nitrogen and oxygen atoms in total. The van der Waals surface area contributed by atoms with Crippen molar-refractivity contribution in [3.8, 4) is 11.5 Å². The van der Waals surface area contributed by atoms with Crippen LogP contribution in [0, 0.1) is 0 Å². The van der Waals surface area contributed by atoms with Gasteiger partial charge in [0.25, 0.3) is 0 Å². The summed E-state index contributed by atoms with van der Waals surface area (Å²) in [6, 6.07) is 12.4. The Kier molecular flexibility index (Phi) is 6.47. The van der Waals surface area contributed by atoms with Gasteiger partial charge >= 0.3 is 10.1 Å². The smallest absolute Gasteiger partial charge is 0.339 e. The van der Waals surface area contributed by atoms with Gasteiger partial charge in [0, 0.05) is 0 Å². The summed E-state index contributed by atoms with van der Waals surface area (Å²) in [5.74, 6) is 0.595. The Labute approximate surface area is 179 Å². The Bertz CT molecular complexity index is 1090. The fraction of sp³-hybridized carbons (Fsp3) is 0.250. The summed E-state index contributed by atoms with van der Waals surface area (Å²) in [6.07, 6.45) is 1.45. The quantitative estimate of drug-likeness (QED) is 0.397. The summed E-state index contributed by atoms with van der Waals surface area (Å²) in [4.78, 5) is 11.8. The van der Waals surface area contributed by atoms with E-state index in [2.05, 4.69) is 15.5 Å². The predicted octanol–water partition coefficient (Wildman–Crippen LogP) is 3.18. The molecule has 0 unspecified atom stereocenters. The highest BCUT2D eigenvalue weighted by molar-refractivity contribution is 8.16. The number of ether oxygens (including phenoxy) is 1. The number of benzene rings is 2. The Hall–Kier alpha value is -2.85. The van der Waals surface area contributed by atoms with Crippen molar-refractivity contribution in [2.24, 2.45) is 10.2 Å². The van der Waals surface area contributed by atoms with E-state index in [4.69, 9.17) is 8.92 Å². The molecule has 0 aromatic heterocycles. The van der Waals surface area contributed by atoms with Crippen LogP contribution in [0.15, 0.2) is 63.6 Å². The summed E-state index contributed by atoms with van der Waals surface area (Å²) >= 11 is 1.29. The summed E-state index contributed by atoms with van der Waals surface area (Å²) < 4.78 is 35.0. The summed E-state index contributed by atoms with van der Waals surface area (Å²) in [5, 5.41) is 11.0. The molecule has 1 aliphatic heterocycles. The second-order valence-electron chi connectivity index (χ2n) is 6.73. The van der Waals surface area contributed by atoms with Crippen molar-refractivity contribution >= 4 is 39.2 Å². The van der Waals surface area contributed by atoms with Gasteiger partial charge in [-0.2, -0.15) is 13.5 Å². The Morgan fingerprint density at radius 1 is 1.13 bits per heavy atom. The Balaban J connectivity index is 1.70. The minimum absolute atomic E-state index is 0.0213. The van der Waals surface area contributed by atoms with Gasteiger partial charge < -0.3 is 14.2 Å². The molecule has 2 aromatic rings. The first kappa shape index (κ1) is 21.8. The molecule has 1 aliphatic rings. The van der Waals surface area contributed by atoms with Crippen LogP contribution in [0.2, 0.25) is 0 Å². The van der Waals surface area contributed by atoms with E-state index in [-0.39, 0.29) is 16.6 Å². The molecule has 0 aliphatic carbocycles. The lowest BCUT2D eigenvalue weighted by atomic mass is 10.2. The van der Waals surface area contributed by atoms with Crippen LogP contribution in [0.3, 0.4) is 0 Å². The molecule has 3 rings (SSSR count). The summed E-state index contributed by atoms with van der Waals surface area (Å²) in [5.41, 5.74) is 0.590. The standard InChI is InChI=1S/C20H21N3O5S2/c1-4-27-15-8-10-17(11-9-15)30(25,26)28-16-7-5-6-14(12-16)13-21-23-19-22-18(24)20(2,3)29-19/h5-13H,4H2,1-3H3,(H,22,23,24)/b21-13+. The first-order chi connectivity index (χ1) is 14.2. The minimum atomic E-state index is -3.99. The molecule has 0 atom stereocenters. The summed E-state index contributed by atoms with van der Waals surface area (Å²) in [7, 11) is -3.99. The van der Waals surface area contributed by atoms with Gasteiger partial charge in [-0.25, -0.2) is 0 Å². The highest BCUT2D eigenvalue weighted by atomic mass is 32.2. The van der Waals surface area contributed by atoms with Gasteiger partial charge in [-0.3, -0.25) is 4.79 Å². The van der Waals surface area contributed by atoms with Crippen molar-refractivity contribution in [3.05, 3.63) is 54.1 Å². The van der Waals surface area contributed by atoms with Gasteiger partial charge in [0.15, 0.2) is 5.17 Å². The van der Waals surface area contributed by atoms with Gasteiger partial charge in [-0.05, 0) is 62.7 Å². The van der Waals surface area contributed by atoms with Crippen molar-refractivity contribution in [1.82, 2.24) is 5.32 Å².